The molecule has 1 N–H and O–H groups in total. The smallest absolute Gasteiger partial charge is 0.307 e. The van der Waals surface area contributed by atoms with Crippen LogP contribution in [0.3, 0.4) is 0 Å². The lowest BCUT2D eigenvalue weighted by Gasteiger charge is -2.33. The Hall–Kier alpha value is -0.830. The van der Waals surface area contributed by atoms with Gasteiger partial charge in [0.15, 0.2) is 0 Å². The molecule has 0 unspecified atom stereocenters. The quantitative estimate of drug-likeness (QED) is 0.881. The van der Waals surface area contributed by atoms with Gasteiger partial charge in [0.1, 0.15) is 0 Å². The molecule has 14 heavy (non-hydrogen) atoms. The van der Waals surface area contributed by atoms with Crippen LogP contribution in [0.15, 0.2) is 28.7 Å². The van der Waals surface area contributed by atoms with Gasteiger partial charge in [-0.3, -0.25) is 4.79 Å². The second-order valence-corrected chi connectivity index (χ2v) is 4.60. The number of carboxylic acid groups (broad SMARTS) is 1. The van der Waals surface area contributed by atoms with Crippen LogP contribution in [0.2, 0.25) is 0 Å². The molecule has 0 amide bonds. The second-order valence-electron chi connectivity index (χ2n) is 3.68. The molecule has 1 aromatic carbocycles. The van der Waals surface area contributed by atoms with Crippen LogP contribution < -0.4 is 0 Å². The number of rotatable bonds is 2. The van der Waals surface area contributed by atoms with Crippen molar-refractivity contribution >= 4 is 21.9 Å². The van der Waals surface area contributed by atoms with Crippen LogP contribution in [0, 0.1) is 5.92 Å². The fraction of sp³-hybridized carbons (Fsp3) is 0.364. The van der Waals surface area contributed by atoms with E-state index < -0.39 is 5.97 Å². The number of hydrogen-bond acceptors (Lipinski definition) is 1. The van der Waals surface area contributed by atoms with Gasteiger partial charge in [-0.15, -0.1) is 0 Å². The van der Waals surface area contributed by atoms with Crippen LogP contribution in [0.5, 0.6) is 0 Å². The van der Waals surface area contributed by atoms with E-state index in [0.717, 1.165) is 22.9 Å². The molecule has 0 aromatic heterocycles. The highest BCUT2D eigenvalue weighted by atomic mass is 79.9. The number of hydrogen-bond donors (Lipinski definition) is 1. The SMILES string of the molecule is O=C(O)[C@@H]1CC[C@@H]1c1cccc(Br)c1. The van der Waals surface area contributed by atoms with E-state index >= 15 is 0 Å². The Labute approximate surface area is 91.1 Å². The third-order valence-electron chi connectivity index (χ3n) is 2.87. The highest BCUT2D eigenvalue weighted by Crippen LogP contribution is 2.42. The Bertz CT molecular complexity index is 362. The predicted molar refractivity (Wildman–Crippen MR) is 57.2 cm³/mol. The van der Waals surface area contributed by atoms with E-state index in [2.05, 4.69) is 15.9 Å². The number of halogens is 1. The Morgan fingerprint density at radius 3 is 2.71 bits per heavy atom. The summed E-state index contributed by atoms with van der Waals surface area (Å²) in [4.78, 5) is 10.8. The molecule has 1 aromatic rings. The van der Waals surface area contributed by atoms with Gasteiger partial charge in [0, 0.05) is 4.47 Å². The molecule has 1 saturated carbocycles. The number of benzene rings is 1. The second kappa shape index (κ2) is 3.73. The molecular weight excluding hydrogens is 244 g/mol. The van der Waals surface area contributed by atoms with E-state index in [0.29, 0.717) is 0 Å². The first-order valence-corrected chi connectivity index (χ1v) is 5.46. The molecule has 1 aliphatic rings. The van der Waals surface area contributed by atoms with Crippen molar-refractivity contribution in [1.29, 1.82) is 0 Å². The maximum atomic E-state index is 10.8. The summed E-state index contributed by atoms with van der Waals surface area (Å²) in [6.45, 7) is 0. The van der Waals surface area contributed by atoms with Crippen molar-refractivity contribution in [2.75, 3.05) is 0 Å². The van der Waals surface area contributed by atoms with Crippen molar-refractivity contribution in [3.05, 3.63) is 34.3 Å². The zero-order valence-electron chi connectivity index (χ0n) is 7.61. The first kappa shape index (κ1) is 9.71. The Kier molecular flexibility index (Phi) is 2.59. The molecule has 1 aliphatic carbocycles. The topological polar surface area (TPSA) is 37.3 Å². The number of carbonyl (C=O) groups is 1. The van der Waals surface area contributed by atoms with Gasteiger partial charge in [-0.05, 0) is 36.5 Å². The molecule has 0 radical (unpaired) electrons. The molecule has 3 heteroatoms. The van der Waals surface area contributed by atoms with Gasteiger partial charge >= 0.3 is 5.97 Å². The Morgan fingerprint density at radius 1 is 1.43 bits per heavy atom. The van der Waals surface area contributed by atoms with E-state index in [9.17, 15) is 4.79 Å². The third-order valence-corrected chi connectivity index (χ3v) is 3.36. The monoisotopic (exact) mass is 254 g/mol. The summed E-state index contributed by atoms with van der Waals surface area (Å²) in [5.74, 6) is -0.629. The van der Waals surface area contributed by atoms with Crippen molar-refractivity contribution in [2.24, 2.45) is 5.92 Å². The molecule has 0 bridgehead atoms. The molecule has 0 aliphatic heterocycles. The maximum absolute atomic E-state index is 10.8. The van der Waals surface area contributed by atoms with Gasteiger partial charge < -0.3 is 5.11 Å². The van der Waals surface area contributed by atoms with Crippen LogP contribution in [0.25, 0.3) is 0 Å². The number of aliphatic carboxylic acids is 1. The normalized spacial score (nSPS) is 25.5. The molecule has 0 heterocycles. The molecule has 1 fully saturated rings. The highest BCUT2D eigenvalue weighted by molar-refractivity contribution is 9.10. The zero-order chi connectivity index (χ0) is 10.1. The van der Waals surface area contributed by atoms with Crippen LogP contribution in [-0.2, 0) is 4.79 Å². The van der Waals surface area contributed by atoms with Crippen molar-refractivity contribution in [1.82, 2.24) is 0 Å². The van der Waals surface area contributed by atoms with Crippen LogP contribution >= 0.6 is 15.9 Å². The van der Waals surface area contributed by atoms with Gasteiger partial charge in [0.25, 0.3) is 0 Å². The molecule has 2 rings (SSSR count). The average Bonchev–Trinajstić information content (AvgIpc) is 2.00. The van der Waals surface area contributed by atoms with E-state index in [1.807, 2.05) is 24.3 Å². The minimum Gasteiger partial charge on any atom is -0.481 e. The zero-order valence-corrected chi connectivity index (χ0v) is 9.20. The van der Waals surface area contributed by atoms with E-state index in [4.69, 9.17) is 5.11 Å². The largest absolute Gasteiger partial charge is 0.481 e. The predicted octanol–water partition coefficient (Wildman–Crippen LogP) is 3.03. The van der Waals surface area contributed by atoms with Crippen LogP contribution in [-0.4, -0.2) is 11.1 Å². The van der Waals surface area contributed by atoms with Crippen molar-refractivity contribution in [3.63, 3.8) is 0 Å². The Morgan fingerprint density at radius 2 is 2.21 bits per heavy atom. The van der Waals surface area contributed by atoms with E-state index in [1.54, 1.807) is 0 Å². The average molecular weight is 255 g/mol. The van der Waals surface area contributed by atoms with Crippen molar-refractivity contribution in [3.8, 4) is 0 Å². The lowest BCUT2D eigenvalue weighted by molar-refractivity contribution is -0.145. The summed E-state index contributed by atoms with van der Waals surface area (Å²) in [5, 5.41) is 8.92. The van der Waals surface area contributed by atoms with Gasteiger partial charge in [-0.1, -0.05) is 28.1 Å². The first-order valence-electron chi connectivity index (χ1n) is 4.67. The van der Waals surface area contributed by atoms with Crippen molar-refractivity contribution in [2.45, 2.75) is 18.8 Å². The molecule has 0 saturated heterocycles. The minimum absolute atomic E-state index is 0.177. The summed E-state index contributed by atoms with van der Waals surface area (Å²) in [6, 6.07) is 7.93. The van der Waals surface area contributed by atoms with E-state index in [1.165, 1.54) is 0 Å². The summed E-state index contributed by atoms with van der Waals surface area (Å²) >= 11 is 3.39. The number of carboxylic acids is 1. The van der Waals surface area contributed by atoms with Crippen molar-refractivity contribution < 1.29 is 9.90 Å². The first-order chi connectivity index (χ1) is 6.68. The standard InChI is InChI=1S/C11H11BrO2/c12-8-3-1-2-7(6-8)9-4-5-10(9)11(13)14/h1-3,6,9-10H,4-5H2,(H,13,14)/t9-,10-/m1/s1. The summed E-state index contributed by atoms with van der Waals surface area (Å²) < 4.78 is 1.02. The van der Waals surface area contributed by atoms with Gasteiger partial charge in [0.05, 0.1) is 5.92 Å². The third kappa shape index (κ3) is 1.69. The van der Waals surface area contributed by atoms with Crippen LogP contribution in [0.4, 0.5) is 0 Å². The Balaban J connectivity index is 2.20. The summed E-state index contributed by atoms with van der Waals surface area (Å²) in [7, 11) is 0. The molecule has 74 valence electrons. The molecule has 0 spiro atoms. The van der Waals surface area contributed by atoms with Gasteiger partial charge in [-0.25, -0.2) is 0 Å². The fourth-order valence-corrected chi connectivity index (χ4v) is 2.35. The lowest BCUT2D eigenvalue weighted by Crippen LogP contribution is -2.30. The molecule has 2 nitrogen and oxygen atoms in total. The lowest BCUT2D eigenvalue weighted by atomic mass is 9.70. The maximum Gasteiger partial charge on any atom is 0.307 e. The minimum atomic E-state index is -0.666. The summed E-state index contributed by atoms with van der Waals surface area (Å²) in [5.41, 5.74) is 1.14. The summed E-state index contributed by atoms with van der Waals surface area (Å²) in [6.07, 6.45) is 1.81. The van der Waals surface area contributed by atoms with Crippen LogP contribution in [0.1, 0.15) is 24.3 Å². The van der Waals surface area contributed by atoms with Gasteiger partial charge in [-0.2, -0.15) is 0 Å². The molecular formula is C11H11BrO2. The van der Waals surface area contributed by atoms with E-state index in [-0.39, 0.29) is 11.8 Å². The highest BCUT2D eigenvalue weighted by Gasteiger charge is 2.37. The molecule has 2 atom stereocenters. The fourth-order valence-electron chi connectivity index (χ4n) is 1.93. The van der Waals surface area contributed by atoms with Gasteiger partial charge in [0.2, 0.25) is 0 Å².